The molecule has 3 rings (SSSR count). The number of halogens is 3. The van der Waals surface area contributed by atoms with Crippen molar-refractivity contribution in [2.75, 3.05) is 5.32 Å². The Hall–Kier alpha value is -1.26. The van der Waals surface area contributed by atoms with Crippen molar-refractivity contribution in [3.63, 3.8) is 0 Å². The SMILES string of the molecule is O=C(Nc1ccccc1Cl)c1sc2cc(Cl)ccc2c1Cl. The third kappa shape index (κ3) is 2.87. The maximum Gasteiger partial charge on any atom is 0.267 e. The minimum absolute atomic E-state index is 0.287. The summed E-state index contributed by atoms with van der Waals surface area (Å²) >= 11 is 19.6. The summed E-state index contributed by atoms with van der Waals surface area (Å²) in [5.41, 5.74) is 0.552. The topological polar surface area (TPSA) is 29.1 Å². The molecule has 0 atom stereocenters. The van der Waals surface area contributed by atoms with Crippen molar-refractivity contribution in [2.24, 2.45) is 0 Å². The van der Waals surface area contributed by atoms with E-state index in [4.69, 9.17) is 34.8 Å². The van der Waals surface area contributed by atoms with Gasteiger partial charge in [-0.25, -0.2) is 0 Å². The maximum atomic E-state index is 12.4. The number of carbonyl (C=O) groups excluding carboxylic acids is 1. The smallest absolute Gasteiger partial charge is 0.267 e. The molecule has 0 radical (unpaired) electrons. The Morgan fingerprint density at radius 1 is 1.05 bits per heavy atom. The number of nitrogens with one attached hydrogen (secondary N) is 1. The predicted molar refractivity (Wildman–Crippen MR) is 91.3 cm³/mol. The zero-order chi connectivity index (χ0) is 15.0. The fourth-order valence-electron chi connectivity index (χ4n) is 1.93. The number of rotatable bonds is 2. The van der Waals surface area contributed by atoms with Crippen LogP contribution >= 0.6 is 46.1 Å². The third-order valence-corrected chi connectivity index (χ3v) is 5.14. The molecule has 21 heavy (non-hydrogen) atoms. The molecule has 2 nitrogen and oxygen atoms in total. The van der Waals surface area contributed by atoms with Gasteiger partial charge in [-0.1, -0.05) is 53.0 Å². The van der Waals surface area contributed by atoms with Gasteiger partial charge in [-0.3, -0.25) is 4.79 Å². The summed E-state index contributed by atoms with van der Waals surface area (Å²) < 4.78 is 0.872. The van der Waals surface area contributed by atoms with E-state index in [9.17, 15) is 4.79 Å². The van der Waals surface area contributed by atoms with Crippen molar-refractivity contribution >= 4 is 67.8 Å². The number of carbonyl (C=O) groups is 1. The maximum absolute atomic E-state index is 12.4. The Bertz CT molecular complexity index is 844. The van der Waals surface area contributed by atoms with Gasteiger partial charge < -0.3 is 5.32 Å². The summed E-state index contributed by atoms with van der Waals surface area (Å²) in [5.74, 6) is -0.287. The lowest BCUT2D eigenvalue weighted by Gasteiger charge is -2.05. The molecule has 1 N–H and O–H groups in total. The van der Waals surface area contributed by atoms with Crippen LogP contribution in [-0.2, 0) is 0 Å². The summed E-state index contributed by atoms with van der Waals surface area (Å²) in [6, 6.07) is 12.4. The van der Waals surface area contributed by atoms with E-state index in [0.717, 1.165) is 10.1 Å². The zero-order valence-corrected chi connectivity index (χ0v) is 13.6. The van der Waals surface area contributed by atoms with E-state index in [1.165, 1.54) is 11.3 Å². The van der Waals surface area contributed by atoms with Crippen LogP contribution in [-0.4, -0.2) is 5.91 Å². The molecule has 1 heterocycles. The van der Waals surface area contributed by atoms with Gasteiger partial charge >= 0.3 is 0 Å². The van der Waals surface area contributed by atoms with Crippen LogP contribution in [0.15, 0.2) is 42.5 Å². The summed E-state index contributed by atoms with van der Waals surface area (Å²) in [5, 5.41) is 5.09. The molecule has 0 saturated carbocycles. The molecular weight excluding hydrogens is 349 g/mol. The van der Waals surface area contributed by atoms with Crippen molar-refractivity contribution in [3.05, 3.63) is 62.4 Å². The van der Waals surface area contributed by atoms with E-state index in [-0.39, 0.29) is 5.91 Å². The quantitative estimate of drug-likeness (QED) is 0.589. The van der Waals surface area contributed by atoms with Gasteiger partial charge in [0.25, 0.3) is 5.91 Å². The molecular formula is C15H8Cl3NOS. The highest BCUT2D eigenvalue weighted by Crippen LogP contribution is 2.37. The van der Waals surface area contributed by atoms with E-state index in [1.807, 2.05) is 6.07 Å². The second kappa shape index (κ2) is 5.85. The lowest BCUT2D eigenvalue weighted by molar-refractivity contribution is 0.103. The molecule has 0 spiro atoms. The van der Waals surface area contributed by atoms with Crippen LogP contribution in [0, 0.1) is 0 Å². The Kier molecular flexibility index (Phi) is 4.09. The number of fused-ring (bicyclic) bond motifs is 1. The third-order valence-electron chi connectivity index (χ3n) is 2.92. The molecule has 0 bridgehead atoms. The van der Waals surface area contributed by atoms with Gasteiger partial charge in [0.1, 0.15) is 4.88 Å². The summed E-state index contributed by atoms with van der Waals surface area (Å²) in [6.07, 6.45) is 0. The highest BCUT2D eigenvalue weighted by atomic mass is 35.5. The normalized spacial score (nSPS) is 10.8. The summed E-state index contributed by atoms with van der Waals surface area (Å²) in [7, 11) is 0. The second-order valence-electron chi connectivity index (χ2n) is 4.32. The van der Waals surface area contributed by atoms with Crippen LogP contribution in [0.1, 0.15) is 9.67 Å². The van der Waals surface area contributed by atoms with E-state index in [0.29, 0.717) is 25.6 Å². The van der Waals surface area contributed by atoms with Crippen LogP contribution in [0.4, 0.5) is 5.69 Å². The van der Waals surface area contributed by atoms with Crippen molar-refractivity contribution in [1.82, 2.24) is 0 Å². The molecule has 0 aliphatic rings. The number of amides is 1. The van der Waals surface area contributed by atoms with Gasteiger partial charge in [0.15, 0.2) is 0 Å². The van der Waals surface area contributed by atoms with Crippen LogP contribution in [0.2, 0.25) is 15.1 Å². The molecule has 1 amide bonds. The zero-order valence-electron chi connectivity index (χ0n) is 10.5. The largest absolute Gasteiger partial charge is 0.320 e. The number of hydrogen-bond donors (Lipinski definition) is 1. The molecule has 0 fully saturated rings. The van der Waals surface area contributed by atoms with Crippen LogP contribution in [0.3, 0.4) is 0 Å². The molecule has 6 heteroatoms. The van der Waals surface area contributed by atoms with E-state index in [1.54, 1.807) is 36.4 Å². The highest BCUT2D eigenvalue weighted by Gasteiger charge is 2.18. The molecule has 1 aromatic heterocycles. The first-order valence-corrected chi connectivity index (χ1v) is 7.95. The highest BCUT2D eigenvalue weighted by molar-refractivity contribution is 7.21. The van der Waals surface area contributed by atoms with Crippen molar-refractivity contribution in [1.29, 1.82) is 0 Å². The van der Waals surface area contributed by atoms with Crippen molar-refractivity contribution < 1.29 is 4.79 Å². The number of anilines is 1. The lowest BCUT2D eigenvalue weighted by Crippen LogP contribution is -2.10. The minimum atomic E-state index is -0.287. The first-order chi connectivity index (χ1) is 10.1. The van der Waals surface area contributed by atoms with Gasteiger partial charge in [-0.05, 0) is 24.3 Å². The fourth-order valence-corrected chi connectivity index (χ4v) is 3.80. The van der Waals surface area contributed by atoms with Gasteiger partial charge in [-0.15, -0.1) is 11.3 Å². The van der Waals surface area contributed by atoms with Gasteiger partial charge in [0, 0.05) is 15.1 Å². The molecule has 0 saturated heterocycles. The molecule has 2 aromatic carbocycles. The Labute approximate surface area is 140 Å². The first-order valence-electron chi connectivity index (χ1n) is 5.99. The second-order valence-corrected chi connectivity index (χ2v) is 6.59. The van der Waals surface area contributed by atoms with Crippen LogP contribution in [0.25, 0.3) is 10.1 Å². The first kappa shape index (κ1) is 14.7. The molecule has 0 unspecified atom stereocenters. The van der Waals surface area contributed by atoms with Crippen molar-refractivity contribution in [3.8, 4) is 0 Å². The summed E-state index contributed by atoms with van der Waals surface area (Å²) in [4.78, 5) is 12.8. The Balaban J connectivity index is 1.98. The Morgan fingerprint density at radius 3 is 2.57 bits per heavy atom. The van der Waals surface area contributed by atoms with Crippen LogP contribution < -0.4 is 5.32 Å². The molecule has 0 aliphatic carbocycles. The average Bonchev–Trinajstić information content (AvgIpc) is 2.78. The van der Waals surface area contributed by atoms with E-state index >= 15 is 0 Å². The molecule has 3 aromatic rings. The predicted octanol–water partition coefficient (Wildman–Crippen LogP) is 6.11. The Morgan fingerprint density at radius 2 is 1.81 bits per heavy atom. The van der Waals surface area contributed by atoms with Crippen LogP contribution in [0.5, 0.6) is 0 Å². The summed E-state index contributed by atoms with van der Waals surface area (Å²) in [6.45, 7) is 0. The van der Waals surface area contributed by atoms with Gasteiger partial charge in [-0.2, -0.15) is 0 Å². The molecule has 0 aliphatic heterocycles. The number of thiophene rings is 1. The standard InChI is InChI=1S/C15H8Cl3NOS/c16-8-5-6-9-12(7-8)21-14(13(9)18)15(20)19-11-4-2-1-3-10(11)17/h1-7H,(H,19,20). The number of hydrogen-bond acceptors (Lipinski definition) is 2. The fraction of sp³-hybridized carbons (Fsp3) is 0. The average molecular weight is 357 g/mol. The monoisotopic (exact) mass is 355 g/mol. The van der Waals surface area contributed by atoms with Gasteiger partial charge in [0.2, 0.25) is 0 Å². The number of para-hydroxylation sites is 1. The van der Waals surface area contributed by atoms with Gasteiger partial charge in [0.05, 0.1) is 15.7 Å². The minimum Gasteiger partial charge on any atom is -0.320 e. The van der Waals surface area contributed by atoms with E-state index in [2.05, 4.69) is 5.32 Å². The van der Waals surface area contributed by atoms with E-state index < -0.39 is 0 Å². The number of benzene rings is 2. The van der Waals surface area contributed by atoms with Crippen molar-refractivity contribution in [2.45, 2.75) is 0 Å². The molecule has 106 valence electrons. The lowest BCUT2D eigenvalue weighted by atomic mass is 10.2.